The van der Waals surface area contributed by atoms with E-state index < -0.39 is 29.5 Å². The Morgan fingerprint density at radius 3 is 2.12 bits per heavy atom. The van der Waals surface area contributed by atoms with Crippen LogP contribution >= 0.6 is 22.6 Å². The minimum atomic E-state index is -4.59. The third kappa shape index (κ3) is 3.99. The molecule has 0 saturated carbocycles. The second kappa shape index (κ2) is 8.57. The Labute approximate surface area is 196 Å². The second-order valence-corrected chi connectivity index (χ2v) is 8.52. The van der Waals surface area contributed by atoms with Gasteiger partial charge >= 0.3 is 6.18 Å². The van der Waals surface area contributed by atoms with Crippen LogP contribution in [0.3, 0.4) is 0 Å². The van der Waals surface area contributed by atoms with Gasteiger partial charge in [0.2, 0.25) is 11.8 Å². The Bertz CT molecular complexity index is 1160. The fraction of sp³-hybridized carbons (Fsp3) is 0.167. The highest BCUT2D eigenvalue weighted by Crippen LogP contribution is 2.44. The molecule has 0 bridgehead atoms. The first kappa shape index (κ1) is 22.3. The minimum Gasteiger partial charge on any atom is -0.310 e. The van der Waals surface area contributed by atoms with Crippen molar-refractivity contribution in [3.8, 4) is 0 Å². The number of anilines is 3. The molecule has 0 N–H and O–H groups in total. The third-order valence-electron chi connectivity index (χ3n) is 5.35. The van der Waals surface area contributed by atoms with Gasteiger partial charge in [-0.25, -0.2) is 0 Å². The van der Waals surface area contributed by atoms with E-state index in [1.165, 1.54) is 15.9 Å². The van der Waals surface area contributed by atoms with Gasteiger partial charge in [0, 0.05) is 15.8 Å². The lowest BCUT2D eigenvalue weighted by Crippen LogP contribution is -2.39. The summed E-state index contributed by atoms with van der Waals surface area (Å²) >= 11 is 2.12. The molecule has 1 atom stereocenters. The molecule has 0 radical (unpaired) electrons. The monoisotopic (exact) mass is 550 g/mol. The lowest BCUT2D eigenvalue weighted by Gasteiger charge is -2.26. The van der Waals surface area contributed by atoms with Crippen molar-refractivity contribution in [2.24, 2.45) is 0 Å². The summed E-state index contributed by atoms with van der Waals surface area (Å²) in [6.45, 7) is 1.93. The molecular weight excluding hydrogens is 532 g/mol. The van der Waals surface area contributed by atoms with Crippen molar-refractivity contribution < 1.29 is 22.8 Å². The Morgan fingerprint density at radius 1 is 0.875 bits per heavy atom. The van der Waals surface area contributed by atoms with E-state index in [4.69, 9.17) is 0 Å². The van der Waals surface area contributed by atoms with Crippen molar-refractivity contribution in [1.29, 1.82) is 0 Å². The number of amides is 2. The van der Waals surface area contributed by atoms with Gasteiger partial charge in [0.25, 0.3) is 0 Å². The zero-order valence-electron chi connectivity index (χ0n) is 16.9. The van der Waals surface area contributed by atoms with Crippen LogP contribution in [-0.4, -0.2) is 18.4 Å². The zero-order valence-corrected chi connectivity index (χ0v) is 19.1. The van der Waals surface area contributed by atoms with Crippen molar-refractivity contribution in [1.82, 2.24) is 0 Å². The van der Waals surface area contributed by atoms with Crippen LogP contribution in [-0.2, 0) is 15.8 Å². The molecule has 1 unspecified atom stereocenters. The van der Waals surface area contributed by atoms with Crippen LogP contribution in [0.5, 0.6) is 0 Å². The summed E-state index contributed by atoms with van der Waals surface area (Å²) in [4.78, 5) is 30.0. The van der Waals surface area contributed by atoms with Gasteiger partial charge in [-0.05, 0) is 77.5 Å². The van der Waals surface area contributed by atoms with E-state index >= 15 is 0 Å². The number of alkyl halides is 3. The molecule has 1 heterocycles. The number of halogens is 4. The summed E-state index contributed by atoms with van der Waals surface area (Å²) in [6, 6.07) is 18.5. The highest BCUT2D eigenvalue weighted by molar-refractivity contribution is 14.1. The molecule has 4 rings (SSSR count). The van der Waals surface area contributed by atoms with Crippen LogP contribution in [0.15, 0.2) is 72.8 Å². The van der Waals surface area contributed by atoms with Gasteiger partial charge in [-0.15, -0.1) is 0 Å². The fourth-order valence-electron chi connectivity index (χ4n) is 3.85. The van der Waals surface area contributed by atoms with Crippen molar-refractivity contribution in [2.75, 3.05) is 16.3 Å². The van der Waals surface area contributed by atoms with E-state index in [1.807, 2.05) is 0 Å². The maximum atomic E-state index is 13.8. The number of fused-ring (bicyclic) bond motifs is 1. The van der Waals surface area contributed by atoms with Gasteiger partial charge < -0.3 is 4.90 Å². The summed E-state index contributed by atoms with van der Waals surface area (Å²) < 4.78 is 41.5. The van der Waals surface area contributed by atoms with Gasteiger partial charge in [0.1, 0.15) is 5.92 Å². The van der Waals surface area contributed by atoms with Crippen molar-refractivity contribution in [3.63, 3.8) is 0 Å². The van der Waals surface area contributed by atoms with E-state index in [9.17, 15) is 22.8 Å². The summed E-state index contributed by atoms with van der Waals surface area (Å²) in [5.41, 5.74) is 0.277. The Balaban J connectivity index is 1.99. The third-order valence-corrected chi connectivity index (χ3v) is 6.07. The maximum absolute atomic E-state index is 13.8. The summed E-state index contributed by atoms with van der Waals surface area (Å²) in [5.74, 6) is -2.26. The average molecular weight is 550 g/mol. The van der Waals surface area contributed by atoms with Crippen LogP contribution in [0.1, 0.15) is 24.0 Å². The largest absolute Gasteiger partial charge is 0.416 e. The number of benzene rings is 3. The highest BCUT2D eigenvalue weighted by Gasteiger charge is 2.42. The molecule has 1 aliphatic heterocycles. The van der Waals surface area contributed by atoms with Crippen LogP contribution in [0.25, 0.3) is 0 Å². The smallest absolute Gasteiger partial charge is 0.310 e. The quantitative estimate of drug-likeness (QED) is 0.291. The molecule has 3 aromatic rings. The maximum Gasteiger partial charge on any atom is 0.416 e. The molecule has 0 fully saturated rings. The summed E-state index contributed by atoms with van der Waals surface area (Å²) in [6.07, 6.45) is -4.59. The van der Waals surface area contributed by atoms with Crippen molar-refractivity contribution >= 4 is 51.5 Å². The summed E-state index contributed by atoms with van der Waals surface area (Å²) in [5, 5.41) is 0. The van der Waals surface area contributed by atoms with Crippen molar-refractivity contribution in [3.05, 3.63) is 87.5 Å². The number of nitrogens with zero attached hydrogens (tertiary/aromatic N) is 2. The predicted octanol–water partition coefficient (Wildman–Crippen LogP) is 6.13. The van der Waals surface area contributed by atoms with Crippen LogP contribution in [0.4, 0.5) is 30.2 Å². The minimum absolute atomic E-state index is 0.0271. The Hall–Kier alpha value is -2.88. The van der Waals surface area contributed by atoms with Gasteiger partial charge in [0.15, 0.2) is 0 Å². The first-order chi connectivity index (χ1) is 15.2. The number of hydrogen-bond donors (Lipinski definition) is 0. The first-order valence-electron chi connectivity index (χ1n) is 9.89. The van der Waals surface area contributed by atoms with Crippen LogP contribution in [0, 0.1) is 3.57 Å². The molecule has 8 heteroatoms. The number of hydrogen-bond acceptors (Lipinski definition) is 2. The summed E-state index contributed by atoms with van der Waals surface area (Å²) in [7, 11) is 0. The average Bonchev–Trinajstić information content (AvgIpc) is 2.85. The molecule has 4 nitrogen and oxygen atoms in total. The van der Waals surface area contributed by atoms with Crippen molar-refractivity contribution in [2.45, 2.75) is 19.0 Å². The molecule has 0 spiro atoms. The van der Waals surface area contributed by atoms with Gasteiger partial charge in [-0.3, -0.25) is 14.5 Å². The zero-order chi connectivity index (χ0) is 23.0. The predicted molar refractivity (Wildman–Crippen MR) is 125 cm³/mol. The molecule has 164 valence electrons. The topological polar surface area (TPSA) is 40.6 Å². The lowest BCUT2D eigenvalue weighted by atomic mass is 9.96. The fourth-order valence-corrected chi connectivity index (χ4v) is 4.20. The molecule has 2 amide bonds. The number of carbonyl (C=O) groups is 2. The SMILES string of the molecule is CCN1C(=O)C(c2ccc(I)cc2)C(=O)N(c2ccccc2)c2cc(C(F)(F)F)ccc21. The van der Waals surface area contributed by atoms with E-state index in [0.717, 1.165) is 15.7 Å². The molecular formula is C24H18F3IN2O2. The van der Waals surface area contributed by atoms with Crippen LogP contribution in [0.2, 0.25) is 0 Å². The number of likely N-dealkylation sites (N-methyl/N-ethyl adjacent to an activating group) is 1. The Kier molecular flexibility index (Phi) is 5.98. The van der Waals surface area contributed by atoms with Gasteiger partial charge in [-0.1, -0.05) is 30.3 Å². The molecule has 0 saturated heterocycles. The van der Waals surface area contributed by atoms with E-state index in [-0.39, 0.29) is 17.9 Å². The van der Waals surface area contributed by atoms with E-state index in [1.54, 1.807) is 61.5 Å². The Morgan fingerprint density at radius 2 is 1.53 bits per heavy atom. The van der Waals surface area contributed by atoms with Gasteiger partial charge in [0.05, 0.1) is 16.9 Å². The molecule has 3 aromatic carbocycles. The highest BCUT2D eigenvalue weighted by atomic mass is 127. The molecule has 0 aromatic heterocycles. The normalized spacial score (nSPS) is 16.7. The van der Waals surface area contributed by atoms with E-state index in [0.29, 0.717) is 11.3 Å². The molecule has 1 aliphatic rings. The van der Waals surface area contributed by atoms with Gasteiger partial charge in [-0.2, -0.15) is 13.2 Å². The molecule has 32 heavy (non-hydrogen) atoms. The standard InChI is InChI=1S/C24H18F3IN2O2/c1-2-29-19-13-10-16(24(25,26)27)14-20(19)30(18-6-4-3-5-7-18)23(32)21(22(29)31)15-8-11-17(28)12-9-15/h3-14,21H,2H2,1H3. The number of para-hydroxylation sites is 1. The number of carbonyl (C=O) groups excluding carboxylic acids is 2. The van der Waals surface area contributed by atoms with E-state index in [2.05, 4.69) is 22.6 Å². The lowest BCUT2D eigenvalue weighted by molar-refractivity contribution is -0.137. The first-order valence-corrected chi connectivity index (χ1v) is 11.0. The van der Waals surface area contributed by atoms with Crippen LogP contribution < -0.4 is 9.80 Å². The number of rotatable bonds is 3. The molecule has 0 aliphatic carbocycles. The second-order valence-electron chi connectivity index (χ2n) is 7.28.